The second-order valence-corrected chi connectivity index (χ2v) is 7.72. The van der Waals surface area contributed by atoms with Gasteiger partial charge in [0.1, 0.15) is 10.7 Å². The van der Waals surface area contributed by atoms with Crippen LogP contribution in [0.25, 0.3) is 0 Å². The summed E-state index contributed by atoms with van der Waals surface area (Å²) in [5.41, 5.74) is 0. The molecule has 1 atom stereocenters. The first-order valence-electron chi connectivity index (χ1n) is 7.12. The number of anilines is 1. The highest BCUT2D eigenvalue weighted by molar-refractivity contribution is 7.89. The average molecular weight is 334 g/mol. The predicted octanol–water partition coefficient (Wildman–Crippen LogP) is 3.27. The van der Waals surface area contributed by atoms with Crippen LogP contribution in [0.2, 0.25) is 5.02 Å². The van der Waals surface area contributed by atoms with Gasteiger partial charge in [-0.05, 0) is 25.3 Å². The first kappa shape index (κ1) is 18.2. The zero-order valence-electron chi connectivity index (χ0n) is 13.0. The lowest BCUT2D eigenvalue weighted by Crippen LogP contribution is -2.32. The van der Waals surface area contributed by atoms with Gasteiger partial charge in [-0.1, -0.05) is 38.3 Å². The van der Waals surface area contributed by atoms with E-state index in [0.717, 1.165) is 19.3 Å². The van der Waals surface area contributed by atoms with E-state index in [1.807, 2.05) is 6.92 Å². The molecule has 1 aromatic rings. The molecule has 1 unspecified atom stereocenters. The fraction of sp³-hybridized carbons (Fsp3) is 0.643. The van der Waals surface area contributed by atoms with E-state index in [2.05, 4.69) is 28.9 Å². The summed E-state index contributed by atoms with van der Waals surface area (Å²) in [5.74, 6) is 1.09. The van der Waals surface area contributed by atoms with Crippen molar-refractivity contribution in [2.75, 3.05) is 12.4 Å². The standard InChI is InChI=1S/C14H24ClN3O2S/c1-10(2)6-5-7-11(3)18-21(19,20)12-8-13(15)14(16-4)17-9-12/h8-11,18H,5-7H2,1-4H3,(H,16,17). The van der Waals surface area contributed by atoms with Crippen LogP contribution in [0.3, 0.4) is 0 Å². The summed E-state index contributed by atoms with van der Waals surface area (Å²) >= 11 is 5.97. The van der Waals surface area contributed by atoms with Gasteiger partial charge in [-0.25, -0.2) is 18.1 Å². The Labute approximate surface area is 132 Å². The lowest BCUT2D eigenvalue weighted by atomic mass is 10.0. The Balaban J connectivity index is 2.70. The molecular formula is C14H24ClN3O2S. The maximum Gasteiger partial charge on any atom is 0.242 e. The van der Waals surface area contributed by atoms with Crippen LogP contribution >= 0.6 is 11.6 Å². The first-order chi connectivity index (χ1) is 9.76. The fourth-order valence-corrected chi connectivity index (χ4v) is 3.55. The van der Waals surface area contributed by atoms with Crippen molar-refractivity contribution in [3.8, 4) is 0 Å². The van der Waals surface area contributed by atoms with Gasteiger partial charge in [-0.15, -0.1) is 0 Å². The lowest BCUT2D eigenvalue weighted by molar-refractivity contribution is 0.488. The van der Waals surface area contributed by atoms with Crippen molar-refractivity contribution in [2.45, 2.75) is 51.0 Å². The van der Waals surface area contributed by atoms with Crippen molar-refractivity contribution < 1.29 is 8.42 Å². The van der Waals surface area contributed by atoms with E-state index in [4.69, 9.17) is 11.6 Å². The Kier molecular flexibility index (Phi) is 6.90. The number of sulfonamides is 1. The minimum Gasteiger partial charge on any atom is -0.372 e. The second-order valence-electron chi connectivity index (χ2n) is 5.60. The molecule has 2 N–H and O–H groups in total. The zero-order chi connectivity index (χ0) is 16.0. The third-order valence-electron chi connectivity index (χ3n) is 3.14. The number of nitrogens with zero attached hydrogens (tertiary/aromatic N) is 1. The zero-order valence-corrected chi connectivity index (χ0v) is 14.6. The molecular weight excluding hydrogens is 310 g/mol. The molecule has 0 aliphatic heterocycles. The fourth-order valence-electron chi connectivity index (χ4n) is 1.98. The van der Waals surface area contributed by atoms with Gasteiger partial charge in [0, 0.05) is 19.3 Å². The molecule has 1 rings (SSSR count). The predicted molar refractivity (Wildman–Crippen MR) is 87.3 cm³/mol. The molecule has 5 nitrogen and oxygen atoms in total. The smallest absolute Gasteiger partial charge is 0.242 e. The van der Waals surface area contributed by atoms with E-state index in [9.17, 15) is 8.42 Å². The quantitative estimate of drug-likeness (QED) is 0.766. The van der Waals surface area contributed by atoms with Crippen LogP contribution in [0.1, 0.15) is 40.0 Å². The largest absolute Gasteiger partial charge is 0.372 e. The van der Waals surface area contributed by atoms with Gasteiger partial charge in [0.2, 0.25) is 10.0 Å². The Bertz CT molecular complexity index is 561. The van der Waals surface area contributed by atoms with Crippen molar-refractivity contribution in [1.82, 2.24) is 9.71 Å². The van der Waals surface area contributed by atoms with Gasteiger partial charge < -0.3 is 5.32 Å². The maximum atomic E-state index is 12.3. The molecule has 0 saturated heterocycles. The van der Waals surface area contributed by atoms with Crippen molar-refractivity contribution in [2.24, 2.45) is 5.92 Å². The third-order valence-corrected chi connectivity index (χ3v) is 4.98. The van der Waals surface area contributed by atoms with Crippen LogP contribution in [0.15, 0.2) is 17.2 Å². The van der Waals surface area contributed by atoms with Crippen molar-refractivity contribution in [3.05, 3.63) is 17.3 Å². The summed E-state index contributed by atoms with van der Waals surface area (Å²) in [5, 5.41) is 3.08. The molecule has 120 valence electrons. The molecule has 0 fully saturated rings. The Morgan fingerprint density at radius 1 is 1.29 bits per heavy atom. The van der Waals surface area contributed by atoms with Crippen molar-refractivity contribution in [1.29, 1.82) is 0 Å². The van der Waals surface area contributed by atoms with Gasteiger partial charge in [-0.2, -0.15) is 0 Å². The molecule has 0 aliphatic carbocycles. The SMILES string of the molecule is CNc1ncc(S(=O)(=O)NC(C)CCCC(C)C)cc1Cl. The number of pyridine rings is 1. The molecule has 1 heterocycles. The summed E-state index contributed by atoms with van der Waals surface area (Å²) in [4.78, 5) is 4.08. The van der Waals surface area contributed by atoms with Crippen LogP contribution in [0.4, 0.5) is 5.82 Å². The van der Waals surface area contributed by atoms with Crippen LogP contribution in [-0.2, 0) is 10.0 Å². The van der Waals surface area contributed by atoms with Gasteiger partial charge in [-0.3, -0.25) is 0 Å². The van der Waals surface area contributed by atoms with Crippen molar-refractivity contribution >= 4 is 27.4 Å². The number of nitrogens with one attached hydrogen (secondary N) is 2. The minimum atomic E-state index is -3.58. The highest BCUT2D eigenvalue weighted by Gasteiger charge is 2.19. The van der Waals surface area contributed by atoms with Crippen molar-refractivity contribution in [3.63, 3.8) is 0 Å². The van der Waals surface area contributed by atoms with Crippen LogP contribution in [0, 0.1) is 5.92 Å². The number of hydrogen-bond acceptors (Lipinski definition) is 4. The molecule has 0 bridgehead atoms. The summed E-state index contributed by atoms with van der Waals surface area (Å²) in [6, 6.07) is 1.29. The maximum absolute atomic E-state index is 12.3. The molecule has 0 aliphatic rings. The first-order valence-corrected chi connectivity index (χ1v) is 8.98. The molecule has 7 heteroatoms. The molecule has 21 heavy (non-hydrogen) atoms. The lowest BCUT2D eigenvalue weighted by Gasteiger charge is -2.15. The Morgan fingerprint density at radius 3 is 2.48 bits per heavy atom. The van der Waals surface area contributed by atoms with E-state index in [-0.39, 0.29) is 16.0 Å². The van der Waals surface area contributed by atoms with Crippen LogP contribution in [-0.4, -0.2) is 26.5 Å². The van der Waals surface area contributed by atoms with Gasteiger partial charge in [0.15, 0.2) is 0 Å². The highest BCUT2D eigenvalue weighted by Crippen LogP contribution is 2.22. The van der Waals surface area contributed by atoms with Crippen LogP contribution < -0.4 is 10.0 Å². The topological polar surface area (TPSA) is 71.1 Å². The molecule has 1 aromatic heterocycles. The molecule has 0 saturated carbocycles. The summed E-state index contributed by atoms with van der Waals surface area (Å²) < 4.78 is 27.2. The number of halogens is 1. The second kappa shape index (κ2) is 7.96. The van der Waals surface area contributed by atoms with Gasteiger partial charge >= 0.3 is 0 Å². The molecule has 0 aromatic carbocycles. The van der Waals surface area contributed by atoms with Gasteiger partial charge in [0.05, 0.1) is 5.02 Å². The van der Waals surface area contributed by atoms with E-state index >= 15 is 0 Å². The Morgan fingerprint density at radius 2 is 1.95 bits per heavy atom. The summed E-state index contributed by atoms with van der Waals surface area (Å²) in [7, 11) is -1.90. The summed E-state index contributed by atoms with van der Waals surface area (Å²) in [6.07, 6.45) is 4.21. The van der Waals surface area contributed by atoms with E-state index in [1.54, 1.807) is 7.05 Å². The normalized spacial score (nSPS) is 13.4. The van der Waals surface area contributed by atoms with Gasteiger partial charge in [0.25, 0.3) is 0 Å². The average Bonchev–Trinajstić information content (AvgIpc) is 2.37. The molecule has 0 radical (unpaired) electrons. The number of aromatic nitrogens is 1. The van der Waals surface area contributed by atoms with E-state index < -0.39 is 10.0 Å². The summed E-state index contributed by atoms with van der Waals surface area (Å²) in [6.45, 7) is 6.19. The third kappa shape index (κ3) is 5.80. The highest BCUT2D eigenvalue weighted by atomic mass is 35.5. The molecule has 0 spiro atoms. The van der Waals surface area contributed by atoms with E-state index in [1.165, 1.54) is 12.3 Å². The molecule has 0 amide bonds. The van der Waals surface area contributed by atoms with Crippen LogP contribution in [0.5, 0.6) is 0 Å². The monoisotopic (exact) mass is 333 g/mol. The van der Waals surface area contributed by atoms with E-state index in [0.29, 0.717) is 11.7 Å². The number of hydrogen-bond donors (Lipinski definition) is 2. The number of rotatable bonds is 8. The Hall–Kier alpha value is -0.850. The minimum absolute atomic E-state index is 0.0854.